The van der Waals surface area contributed by atoms with Gasteiger partial charge in [-0.15, -0.1) is 11.6 Å². The Bertz CT molecular complexity index is 211. The number of hydrogen-bond donors (Lipinski definition) is 0. The summed E-state index contributed by atoms with van der Waals surface area (Å²) in [6.07, 6.45) is 1.94. The molecule has 1 rings (SSSR count). The molecule has 15 heavy (non-hydrogen) atoms. The Balaban J connectivity index is 2.28. The van der Waals surface area contributed by atoms with Crippen molar-refractivity contribution in [3.8, 4) is 0 Å². The molecule has 0 aromatic heterocycles. The summed E-state index contributed by atoms with van der Waals surface area (Å²) in [5, 5.41) is 0.0916. The molecule has 88 valence electrons. The SMILES string of the molecule is CCCOCC(=O)N1CCC(C)C(Cl)C1. The summed E-state index contributed by atoms with van der Waals surface area (Å²) < 4.78 is 5.23. The van der Waals surface area contributed by atoms with E-state index in [4.69, 9.17) is 16.3 Å². The third-order valence-corrected chi connectivity index (χ3v) is 3.36. The summed E-state index contributed by atoms with van der Waals surface area (Å²) >= 11 is 6.13. The standard InChI is InChI=1S/C11H20ClNO2/c1-3-6-15-8-11(14)13-5-4-9(2)10(12)7-13/h9-10H,3-8H2,1-2H3. The highest BCUT2D eigenvalue weighted by atomic mass is 35.5. The molecule has 1 aliphatic heterocycles. The molecule has 2 unspecified atom stereocenters. The molecule has 0 saturated carbocycles. The van der Waals surface area contributed by atoms with Gasteiger partial charge in [-0.25, -0.2) is 0 Å². The molecular formula is C11H20ClNO2. The molecule has 1 fully saturated rings. The Morgan fingerprint density at radius 1 is 1.60 bits per heavy atom. The number of hydrogen-bond acceptors (Lipinski definition) is 2. The molecule has 1 saturated heterocycles. The second-order valence-corrected chi connectivity index (χ2v) is 4.73. The number of likely N-dealkylation sites (tertiary alicyclic amines) is 1. The van der Waals surface area contributed by atoms with E-state index in [1.54, 1.807) is 0 Å². The van der Waals surface area contributed by atoms with Gasteiger partial charge in [0.1, 0.15) is 6.61 Å². The fourth-order valence-electron chi connectivity index (χ4n) is 1.64. The van der Waals surface area contributed by atoms with Gasteiger partial charge in [-0.3, -0.25) is 4.79 Å². The second kappa shape index (κ2) is 6.33. The minimum Gasteiger partial charge on any atom is -0.372 e. The number of amides is 1. The van der Waals surface area contributed by atoms with Gasteiger partial charge in [0.2, 0.25) is 5.91 Å². The summed E-state index contributed by atoms with van der Waals surface area (Å²) in [6.45, 7) is 6.50. The normalized spacial score (nSPS) is 26.7. The summed E-state index contributed by atoms with van der Waals surface area (Å²) in [6, 6.07) is 0. The van der Waals surface area contributed by atoms with Gasteiger partial charge < -0.3 is 9.64 Å². The first-order valence-corrected chi connectivity index (χ1v) is 6.08. The van der Waals surface area contributed by atoms with Gasteiger partial charge in [-0.1, -0.05) is 13.8 Å². The summed E-state index contributed by atoms with van der Waals surface area (Å²) in [5.74, 6) is 0.577. The zero-order valence-corrected chi connectivity index (χ0v) is 10.3. The van der Waals surface area contributed by atoms with E-state index in [1.807, 2.05) is 11.8 Å². The van der Waals surface area contributed by atoms with Crippen molar-refractivity contribution in [2.24, 2.45) is 5.92 Å². The molecule has 4 heteroatoms. The lowest BCUT2D eigenvalue weighted by atomic mass is 9.99. The van der Waals surface area contributed by atoms with E-state index in [0.717, 1.165) is 19.4 Å². The van der Waals surface area contributed by atoms with E-state index in [0.29, 0.717) is 19.1 Å². The van der Waals surface area contributed by atoms with E-state index < -0.39 is 0 Å². The number of alkyl halides is 1. The van der Waals surface area contributed by atoms with Gasteiger partial charge >= 0.3 is 0 Å². The first-order valence-electron chi connectivity index (χ1n) is 5.64. The number of carbonyl (C=O) groups is 1. The number of rotatable bonds is 4. The molecule has 0 aliphatic carbocycles. The molecule has 0 N–H and O–H groups in total. The minimum absolute atomic E-state index is 0.0704. The van der Waals surface area contributed by atoms with Crippen molar-refractivity contribution < 1.29 is 9.53 Å². The molecule has 1 amide bonds. The van der Waals surface area contributed by atoms with E-state index in [1.165, 1.54) is 0 Å². The average Bonchev–Trinajstić information content (AvgIpc) is 2.22. The van der Waals surface area contributed by atoms with Crippen molar-refractivity contribution in [2.75, 3.05) is 26.3 Å². The number of halogens is 1. The predicted octanol–water partition coefficient (Wildman–Crippen LogP) is 1.89. The highest BCUT2D eigenvalue weighted by Gasteiger charge is 2.26. The molecule has 3 nitrogen and oxygen atoms in total. The van der Waals surface area contributed by atoms with E-state index >= 15 is 0 Å². The fourth-order valence-corrected chi connectivity index (χ4v) is 1.94. The van der Waals surface area contributed by atoms with Crippen molar-refractivity contribution in [3.05, 3.63) is 0 Å². The van der Waals surface area contributed by atoms with E-state index in [9.17, 15) is 4.79 Å². The Morgan fingerprint density at radius 2 is 2.33 bits per heavy atom. The van der Waals surface area contributed by atoms with Crippen LogP contribution < -0.4 is 0 Å². The molecule has 1 heterocycles. The van der Waals surface area contributed by atoms with E-state index in [-0.39, 0.29) is 17.9 Å². The lowest BCUT2D eigenvalue weighted by Crippen LogP contribution is -2.45. The maximum absolute atomic E-state index is 11.7. The highest BCUT2D eigenvalue weighted by molar-refractivity contribution is 6.21. The van der Waals surface area contributed by atoms with Gasteiger partial charge in [-0.05, 0) is 18.8 Å². The van der Waals surface area contributed by atoms with Crippen LogP contribution in [-0.4, -0.2) is 42.5 Å². The Morgan fingerprint density at radius 3 is 2.93 bits per heavy atom. The van der Waals surface area contributed by atoms with Crippen LogP contribution in [0, 0.1) is 5.92 Å². The van der Waals surface area contributed by atoms with Gasteiger partial charge in [-0.2, -0.15) is 0 Å². The quantitative estimate of drug-likeness (QED) is 0.548. The zero-order chi connectivity index (χ0) is 11.3. The van der Waals surface area contributed by atoms with Crippen molar-refractivity contribution in [2.45, 2.75) is 32.1 Å². The van der Waals surface area contributed by atoms with Crippen LogP contribution in [0.5, 0.6) is 0 Å². The Labute approximate surface area is 96.7 Å². The van der Waals surface area contributed by atoms with Crippen LogP contribution in [0.25, 0.3) is 0 Å². The monoisotopic (exact) mass is 233 g/mol. The molecule has 0 aromatic rings. The third-order valence-electron chi connectivity index (χ3n) is 2.79. The molecule has 0 radical (unpaired) electrons. The van der Waals surface area contributed by atoms with Gasteiger partial charge in [0.15, 0.2) is 0 Å². The van der Waals surface area contributed by atoms with Gasteiger partial charge in [0.25, 0.3) is 0 Å². The minimum atomic E-state index is 0.0704. The van der Waals surface area contributed by atoms with Gasteiger partial charge in [0, 0.05) is 19.7 Å². The Kier molecular flexibility index (Phi) is 5.40. The number of carbonyl (C=O) groups excluding carboxylic acids is 1. The highest BCUT2D eigenvalue weighted by Crippen LogP contribution is 2.21. The average molecular weight is 234 g/mol. The lowest BCUT2D eigenvalue weighted by Gasteiger charge is -2.33. The van der Waals surface area contributed by atoms with Crippen LogP contribution in [0.3, 0.4) is 0 Å². The zero-order valence-electron chi connectivity index (χ0n) is 9.54. The van der Waals surface area contributed by atoms with Crippen LogP contribution >= 0.6 is 11.6 Å². The van der Waals surface area contributed by atoms with Crippen LogP contribution in [0.4, 0.5) is 0 Å². The number of piperidine rings is 1. The molecule has 0 aromatic carbocycles. The maximum atomic E-state index is 11.7. The van der Waals surface area contributed by atoms with Crippen molar-refractivity contribution >= 4 is 17.5 Å². The molecular weight excluding hydrogens is 214 g/mol. The Hall–Kier alpha value is -0.280. The largest absolute Gasteiger partial charge is 0.372 e. The smallest absolute Gasteiger partial charge is 0.248 e. The predicted molar refractivity (Wildman–Crippen MR) is 61.1 cm³/mol. The van der Waals surface area contributed by atoms with Crippen molar-refractivity contribution in [3.63, 3.8) is 0 Å². The number of nitrogens with zero attached hydrogens (tertiary/aromatic N) is 1. The third kappa shape index (κ3) is 3.99. The fraction of sp³-hybridized carbons (Fsp3) is 0.909. The van der Waals surface area contributed by atoms with Crippen LogP contribution in [0.2, 0.25) is 0 Å². The number of ether oxygens (including phenoxy) is 1. The van der Waals surface area contributed by atoms with Gasteiger partial charge in [0.05, 0.1) is 5.38 Å². The molecule has 0 spiro atoms. The first kappa shape index (κ1) is 12.8. The van der Waals surface area contributed by atoms with Crippen molar-refractivity contribution in [1.29, 1.82) is 0 Å². The summed E-state index contributed by atoms with van der Waals surface area (Å²) in [7, 11) is 0. The van der Waals surface area contributed by atoms with E-state index in [2.05, 4.69) is 6.92 Å². The topological polar surface area (TPSA) is 29.5 Å². The van der Waals surface area contributed by atoms with Crippen LogP contribution in [-0.2, 0) is 9.53 Å². The summed E-state index contributed by atoms with van der Waals surface area (Å²) in [4.78, 5) is 13.5. The first-order chi connectivity index (χ1) is 7.15. The van der Waals surface area contributed by atoms with Crippen molar-refractivity contribution in [1.82, 2.24) is 4.90 Å². The maximum Gasteiger partial charge on any atom is 0.248 e. The summed E-state index contributed by atoms with van der Waals surface area (Å²) in [5.41, 5.74) is 0. The van der Waals surface area contributed by atoms with Crippen LogP contribution in [0.15, 0.2) is 0 Å². The lowest BCUT2D eigenvalue weighted by molar-refractivity contribution is -0.137. The second-order valence-electron chi connectivity index (χ2n) is 4.17. The molecule has 0 bridgehead atoms. The molecule has 1 aliphatic rings. The molecule has 2 atom stereocenters. The van der Waals surface area contributed by atoms with Crippen LogP contribution in [0.1, 0.15) is 26.7 Å².